The summed E-state index contributed by atoms with van der Waals surface area (Å²) in [5.74, 6) is -0.223. The monoisotopic (exact) mass is 524 g/mol. The van der Waals surface area contributed by atoms with Crippen LogP contribution in [0, 0.1) is 6.92 Å². The molecule has 2 N–H and O–H groups in total. The standard InChI is InChI=1S/C26H25BrN2O5/c1-16-21(22(30)28-25-9-12-26(13-10-25,14-11-25)34-24(32)33)20-15-17(27)7-8-19(20)23(31)29(16)18-5-3-2-4-6-18/h2-8,15H,9-14H2,1H3,(H,28,30)(H,32,33). The normalized spacial score (nSPS) is 23.6. The van der Waals surface area contributed by atoms with E-state index in [4.69, 9.17) is 9.84 Å². The van der Waals surface area contributed by atoms with Crippen LogP contribution in [0.3, 0.4) is 0 Å². The Kier molecular flexibility index (Phi) is 5.51. The number of benzene rings is 2. The zero-order valence-electron chi connectivity index (χ0n) is 18.8. The first-order chi connectivity index (χ1) is 16.2. The molecule has 6 rings (SSSR count). The van der Waals surface area contributed by atoms with Gasteiger partial charge in [-0.15, -0.1) is 0 Å². The maximum Gasteiger partial charge on any atom is 0.506 e. The number of hydrogen-bond donors (Lipinski definition) is 2. The van der Waals surface area contributed by atoms with Gasteiger partial charge in [-0.1, -0.05) is 34.1 Å². The molecule has 0 saturated heterocycles. The Morgan fingerprint density at radius 1 is 1.00 bits per heavy atom. The van der Waals surface area contributed by atoms with Gasteiger partial charge in [0, 0.05) is 32.2 Å². The fourth-order valence-electron chi connectivity index (χ4n) is 5.64. The highest BCUT2D eigenvalue weighted by molar-refractivity contribution is 9.10. The van der Waals surface area contributed by atoms with E-state index >= 15 is 0 Å². The number of aromatic nitrogens is 1. The average molecular weight is 525 g/mol. The first-order valence-electron chi connectivity index (χ1n) is 11.4. The van der Waals surface area contributed by atoms with Gasteiger partial charge in [0.2, 0.25) is 0 Å². The Morgan fingerprint density at radius 2 is 1.65 bits per heavy atom. The molecule has 1 aromatic heterocycles. The van der Waals surface area contributed by atoms with Crippen molar-refractivity contribution >= 4 is 38.8 Å². The van der Waals surface area contributed by atoms with Crippen molar-refractivity contribution in [3.63, 3.8) is 0 Å². The topological polar surface area (TPSA) is 97.6 Å². The van der Waals surface area contributed by atoms with Crippen LogP contribution in [0.5, 0.6) is 0 Å². The number of nitrogens with zero attached hydrogens (tertiary/aromatic N) is 1. The predicted molar refractivity (Wildman–Crippen MR) is 132 cm³/mol. The molecule has 3 fully saturated rings. The van der Waals surface area contributed by atoms with Crippen molar-refractivity contribution in [2.24, 2.45) is 0 Å². The lowest BCUT2D eigenvalue weighted by Gasteiger charge is -2.52. The molecule has 3 aliphatic carbocycles. The molecule has 0 atom stereocenters. The second-order valence-corrected chi connectivity index (χ2v) is 10.3. The molecule has 1 amide bonds. The van der Waals surface area contributed by atoms with Crippen molar-refractivity contribution in [2.45, 2.75) is 56.6 Å². The van der Waals surface area contributed by atoms with E-state index in [1.54, 1.807) is 23.6 Å². The molecule has 3 aromatic rings. The third-order valence-corrected chi connectivity index (χ3v) is 7.98. The van der Waals surface area contributed by atoms with Crippen LogP contribution in [-0.2, 0) is 4.74 Å². The predicted octanol–water partition coefficient (Wildman–Crippen LogP) is 5.33. The number of amides is 1. The first kappa shape index (κ1) is 22.7. The van der Waals surface area contributed by atoms with Gasteiger partial charge in [-0.2, -0.15) is 0 Å². The lowest BCUT2D eigenvalue weighted by molar-refractivity contribution is -0.0930. The molecule has 34 heavy (non-hydrogen) atoms. The highest BCUT2D eigenvalue weighted by Gasteiger charge is 2.51. The SMILES string of the molecule is Cc1c(C(=O)NC23CCC(OC(=O)O)(CC2)CC3)c2cc(Br)ccc2c(=O)n1-c1ccccc1. The van der Waals surface area contributed by atoms with Crippen molar-refractivity contribution in [2.75, 3.05) is 0 Å². The molecular formula is C26H25BrN2O5. The van der Waals surface area contributed by atoms with Crippen LogP contribution in [0.4, 0.5) is 4.79 Å². The number of para-hydroxylation sites is 1. The summed E-state index contributed by atoms with van der Waals surface area (Å²) in [6.07, 6.45) is 2.51. The Morgan fingerprint density at radius 3 is 2.26 bits per heavy atom. The summed E-state index contributed by atoms with van der Waals surface area (Å²) in [6.45, 7) is 1.80. The number of carbonyl (C=O) groups is 2. The number of ether oxygens (including phenoxy) is 1. The fraction of sp³-hybridized carbons (Fsp3) is 0.346. The maximum atomic E-state index is 13.8. The minimum atomic E-state index is -1.24. The van der Waals surface area contributed by atoms with E-state index in [-0.39, 0.29) is 11.5 Å². The molecule has 0 aliphatic heterocycles. The van der Waals surface area contributed by atoms with Crippen LogP contribution in [0.25, 0.3) is 16.5 Å². The molecule has 0 radical (unpaired) electrons. The van der Waals surface area contributed by atoms with Gasteiger partial charge in [0.25, 0.3) is 11.5 Å². The largest absolute Gasteiger partial charge is 0.506 e. The number of halogens is 1. The third kappa shape index (κ3) is 3.79. The molecule has 1 heterocycles. The summed E-state index contributed by atoms with van der Waals surface area (Å²) in [5.41, 5.74) is 0.537. The Hall–Kier alpha value is -3.13. The quantitative estimate of drug-likeness (QED) is 0.449. The van der Waals surface area contributed by atoms with Crippen LogP contribution < -0.4 is 10.9 Å². The maximum absolute atomic E-state index is 13.8. The molecule has 3 saturated carbocycles. The smallest absolute Gasteiger partial charge is 0.450 e. The van der Waals surface area contributed by atoms with Gasteiger partial charge < -0.3 is 15.2 Å². The number of carbonyl (C=O) groups excluding carboxylic acids is 1. The minimum absolute atomic E-state index is 0.174. The van der Waals surface area contributed by atoms with Gasteiger partial charge in [0.1, 0.15) is 5.60 Å². The van der Waals surface area contributed by atoms with E-state index in [1.165, 1.54) is 0 Å². The lowest BCUT2D eigenvalue weighted by atomic mass is 9.63. The van der Waals surface area contributed by atoms with Gasteiger partial charge in [0.05, 0.1) is 5.56 Å². The second-order valence-electron chi connectivity index (χ2n) is 9.41. The number of fused-ring (bicyclic) bond motifs is 4. The number of nitrogens with one attached hydrogen (secondary N) is 1. The molecular weight excluding hydrogens is 500 g/mol. The lowest BCUT2D eigenvalue weighted by Crippen LogP contribution is -2.59. The van der Waals surface area contributed by atoms with Gasteiger partial charge in [-0.25, -0.2) is 4.79 Å². The van der Waals surface area contributed by atoms with E-state index < -0.39 is 17.3 Å². The average Bonchev–Trinajstić information content (AvgIpc) is 2.80. The molecule has 7 nitrogen and oxygen atoms in total. The first-order valence-corrected chi connectivity index (χ1v) is 12.2. The van der Waals surface area contributed by atoms with Crippen LogP contribution in [-0.4, -0.2) is 32.9 Å². The summed E-state index contributed by atoms with van der Waals surface area (Å²) >= 11 is 3.48. The Labute approximate surface area is 204 Å². The highest BCUT2D eigenvalue weighted by Crippen LogP contribution is 2.49. The van der Waals surface area contributed by atoms with Crippen molar-refractivity contribution < 1.29 is 19.4 Å². The zero-order valence-corrected chi connectivity index (χ0v) is 20.4. The Balaban J connectivity index is 1.56. The molecule has 8 heteroatoms. The summed E-state index contributed by atoms with van der Waals surface area (Å²) in [7, 11) is 0. The van der Waals surface area contributed by atoms with Crippen molar-refractivity contribution in [3.05, 3.63) is 74.6 Å². The number of hydrogen-bond acceptors (Lipinski definition) is 4. The molecule has 3 aliphatic rings. The van der Waals surface area contributed by atoms with Crippen LogP contribution in [0.15, 0.2) is 57.8 Å². The van der Waals surface area contributed by atoms with Crippen molar-refractivity contribution in [3.8, 4) is 5.69 Å². The van der Waals surface area contributed by atoms with Gasteiger partial charge in [0.15, 0.2) is 0 Å². The zero-order chi connectivity index (χ0) is 24.1. The summed E-state index contributed by atoms with van der Waals surface area (Å²) < 4.78 is 7.61. The number of rotatable bonds is 4. The van der Waals surface area contributed by atoms with E-state index in [2.05, 4.69) is 21.2 Å². The van der Waals surface area contributed by atoms with E-state index in [0.29, 0.717) is 66.2 Å². The van der Waals surface area contributed by atoms with E-state index in [0.717, 1.165) is 4.47 Å². The van der Waals surface area contributed by atoms with Crippen molar-refractivity contribution in [1.29, 1.82) is 0 Å². The van der Waals surface area contributed by atoms with Gasteiger partial charge >= 0.3 is 6.16 Å². The van der Waals surface area contributed by atoms with Crippen LogP contribution in [0.2, 0.25) is 0 Å². The van der Waals surface area contributed by atoms with Crippen LogP contribution in [0.1, 0.15) is 54.6 Å². The van der Waals surface area contributed by atoms with E-state index in [1.807, 2.05) is 36.4 Å². The molecule has 0 spiro atoms. The molecule has 2 aromatic carbocycles. The number of carboxylic acid groups (broad SMARTS) is 1. The highest BCUT2D eigenvalue weighted by atomic mass is 79.9. The minimum Gasteiger partial charge on any atom is -0.450 e. The number of pyridine rings is 1. The summed E-state index contributed by atoms with van der Waals surface area (Å²) in [4.78, 5) is 38.4. The van der Waals surface area contributed by atoms with Crippen LogP contribution >= 0.6 is 15.9 Å². The second kappa shape index (κ2) is 8.27. The van der Waals surface area contributed by atoms with Gasteiger partial charge in [-0.3, -0.25) is 14.2 Å². The molecule has 0 unspecified atom stereocenters. The fourth-order valence-corrected chi connectivity index (χ4v) is 6.01. The van der Waals surface area contributed by atoms with E-state index in [9.17, 15) is 14.4 Å². The summed E-state index contributed by atoms with van der Waals surface area (Å²) in [6, 6.07) is 14.7. The molecule has 176 valence electrons. The van der Waals surface area contributed by atoms with Crippen molar-refractivity contribution in [1.82, 2.24) is 9.88 Å². The van der Waals surface area contributed by atoms with Gasteiger partial charge in [-0.05, 0) is 75.8 Å². The summed E-state index contributed by atoms with van der Waals surface area (Å²) in [5, 5.41) is 13.5. The Bertz CT molecular complexity index is 1340. The molecule has 2 bridgehead atoms. The third-order valence-electron chi connectivity index (χ3n) is 7.48.